The molecule has 0 radical (unpaired) electrons. The van der Waals surface area contributed by atoms with Crippen LogP contribution in [0.4, 0.5) is 0 Å². The summed E-state index contributed by atoms with van der Waals surface area (Å²) >= 11 is 0. The summed E-state index contributed by atoms with van der Waals surface area (Å²) in [6.07, 6.45) is 3.35. The van der Waals surface area contributed by atoms with Crippen LogP contribution in [0.2, 0.25) is 0 Å². The van der Waals surface area contributed by atoms with E-state index in [-0.39, 0.29) is 12.8 Å². The van der Waals surface area contributed by atoms with Gasteiger partial charge in [-0.25, -0.2) is 4.68 Å². The monoisotopic (exact) mass is 170 g/mol. The van der Waals surface area contributed by atoms with Crippen LogP contribution in [-0.4, -0.2) is 21.5 Å². The van der Waals surface area contributed by atoms with Crippen molar-refractivity contribution >= 4 is 0 Å². The molecule has 1 heterocycles. The minimum atomic E-state index is -0.0599. The third-order valence-corrected chi connectivity index (χ3v) is 1.62. The van der Waals surface area contributed by atoms with E-state index < -0.39 is 0 Å². The SMILES string of the molecule is CCOC(C)n1cc(CO)cn1. The summed E-state index contributed by atoms with van der Waals surface area (Å²) in [5.41, 5.74) is 0.807. The van der Waals surface area contributed by atoms with Crippen molar-refractivity contribution in [2.45, 2.75) is 26.7 Å². The van der Waals surface area contributed by atoms with Gasteiger partial charge in [0.15, 0.2) is 0 Å². The van der Waals surface area contributed by atoms with Gasteiger partial charge in [0, 0.05) is 18.4 Å². The maximum absolute atomic E-state index is 8.77. The Hall–Kier alpha value is -0.870. The number of aromatic nitrogens is 2. The summed E-state index contributed by atoms with van der Waals surface area (Å²) in [7, 11) is 0. The Labute approximate surface area is 71.8 Å². The fourth-order valence-electron chi connectivity index (χ4n) is 0.975. The Kier molecular flexibility index (Phi) is 3.25. The fourth-order valence-corrected chi connectivity index (χ4v) is 0.975. The van der Waals surface area contributed by atoms with Gasteiger partial charge in [0.2, 0.25) is 0 Å². The summed E-state index contributed by atoms with van der Waals surface area (Å²) in [5.74, 6) is 0. The first-order valence-corrected chi connectivity index (χ1v) is 4.03. The van der Waals surface area contributed by atoms with E-state index in [0.29, 0.717) is 6.61 Å². The Morgan fingerprint density at radius 3 is 3.00 bits per heavy atom. The van der Waals surface area contributed by atoms with E-state index in [4.69, 9.17) is 9.84 Å². The van der Waals surface area contributed by atoms with Crippen LogP contribution in [0.5, 0.6) is 0 Å². The standard InChI is InChI=1S/C8H14N2O2/c1-3-12-7(2)10-5-8(6-11)4-9-10/h4-5,7,11H,3,6H2,1-2H3. The van der Waals surface area contributed by atoms with Gasteiger partial charge >= 0.3 is 0 Å². The highest BCUT2D eigenvalue weighted by molar-refractivity contribution is 5.01. The summed E-state index contributed by atoms with van der Waals surface area (Å²) in [6, 6.07) is 0. The zero-order valence-electron chi connectivity index (χ0n) is 7.40. The summed E-state index contributed by atoms with van der Waals surface area (Å²) in [6.45, 7) is 4.54. The molecule has 4 nitrogen and oxygen atoms in total. The molecule has 68 valence electrons. The minimum Gasteiger partial charge on any atom is -0.392 e. The van der Waals surface area contributed by atoms with Crippen molar-refractivity contribution in [3.05, 3.63) is 18.0 Å². The van der Waals surface area contributed by atoms with Gasteiger partial charge in [0.25, 0.3) is 0 Å². The van der Waals surface area contributed by atoms with Crippen LogP contribution in [0.3, 0.4) is 0 Å². The number of aliphatic hydroxyl groups is 1. The Morgan fingerprint density at radius 1 is 1.75 bits per heavy atom. The summed E-state index contributed by atoms with van der Waals surface area (Å²) in [5, 5.41) is 12.8. The van der Waals surface area contributed by atoms with Crippen molar-refractivity contribution in [2.24, 2.45) is 0 Å². The average molecular weight is 170 g/mol. The van der Waals surface area contributed by atoms with E-state index in [1.807, 2.05) is 13.8 Å². The fraction of sp³-hybridized carbons (Fsp3) is 0.625. The molecule has 1 aromatic rings. The maximum atomic E-state index is 8.77. The summed E-state index contributed by atoms with van der Waals surface area (Å²) < 4.78 is 6.99. The van der Waals surface area contributed by atoms with Crippen molar-refractivity contribution in [3.63, 3.8) is 0 Å². The number of ether oxygens (including phenoxy) is 1. The number of hydrogen-bond acceptors (Lipinski definition) is 3. The molecule has 0 aliphatic carbocycles. The molecule has 1 aromatic heterocycles. The lowest BCUT2D eigenvalue weighted by Gasteiger charge is -2.10. The van der Waals surface area contributed by atoms with Crippen LogP contribution in [0.25, 0.3) is 0 Å². The van der Waals surface area contributed by atoms with Gasteiger partial charge in [-0.05, 0) is 13.8 Å². The third kappa shape index (κ3) is 2.06. The zero-order chi connectivity index (χ0) is 8.97. The van der Waals surface area contributed by atoms with Crippen molar-refractivity contribution < 1.29 is 9.84 Å². The molecule has 12 heavy (non-hydrogen) atoms. The first kappa shape index (κ1) is 9.22. The molecule has 0 bridgehead atoms. The molecule has 0 spiro atoms. The molecule has 1 rings (SSSR count). The van der Waals surface area contributed by atoms with Gasteiger partial charge in [-0.1, -0.05) is 0 Å². The van der Waals surface area contributed by atoms with Gasteiger partial charge in [0.05, 0.1) is 12.8 Å². The molecule has 1 atom stereocenters. The third-order valence-electron chi connectivity index (χ3n) is 1.62. The van der Waals surface area contributed by atoms with Gasteiger partial charge in [-0.2, -0.15) is 5.10 Å². The molecular formula is C8H14N2O2. The van der Waals surface area contributed by atoms with Crippen molar-refractivity contribution in [1.29, 1.82) is 0 Å². The van der Waals surface area contributed by atoms with Crippen LogP contribution in [0.1, 0.15) is 25.6 Å². The van der Waals surface area contributed by atoms with Crippen molar-refractivity contribution in [3.8, 4) is 0 Å². The van der Waals surface area contributed by atoms with Crippen LogP contribution in [0.15, 0.2) is 12.4 Å². The number of nitrogens with zero attached hydrogens (tertiary/aromatic N) is 2. The molecule has 0 saturated carbocycles. The molecule has 0 saturated heterocycles. The number of aliphatic hydroxyl groups excluding tert-OH is 1. The second-order valence-electron chi connectivity index (χ2n) is 2.54. The zero-order valence-corrected chi connectivity index (χ0v) is 7.40. The van der Waals surface area contributed by atoms with Crippen molar-refractivity contribution in [1.82, 2.24) is 9.78 Å². The van der Waals surface area contributed by atoms with E-state index in [1.54, 1.807) is 17.1 Å². The normalized spacial score (nSPS) is 13.2. The van der Waals surface area contributed by atoms with E-state index in [2.05, 4.69) is 5.10 Å². The number of rotatable bonds is 4. The highest BCUT2D eigenvalue weighted by atomic mass is 16.5. The highest BCUT2D eigenvalue weighted by Crippen LogP contribution is 2.07. The largest absolute Gasteiger partial charge is 0.392 e. The van der Waals surface area contributed by atoms with E-state index >= 15 is 0 Å². The molecule has 0 fully saturated rings. The minimum absolute atomic E-state index is 0.0266. The Bertz CT molecular complexity index is 235. The maximum Gasteiger partial charge on any atom is 0.147 e. The molecule has 4 heteroatoms. The first-order valence-electron chi connectivity index (χ1n) is 4.03. The first-order chi connectivity index (χ1) is 5.77. The quantitative estimate of drug-likeness (QED) is 0.731. The van der Waals surface area contributed by atoms with Gasteiger partial charge < -0.3 is 9.84 Å². The molecule has 1 unspecified atom stereocenters. The van der Waals surface area contributed by atoms with Crippen molar-refractivity contribution in [2.75, 3.05) is 6.61 Å². The summed E-state index contributed by atoms with van der Waals surface area (Å²) in [4.78, 5) is 0. The lowest BCUT2D eigenvalue weighted by Crippen LogP contribution is -2.09. The molecule has 0 amide bonds. The second kappa shape index (κ2) is 4.23. The van der Waals surface area contributed by atoms with Crippen LogP contribution in [-0.2, 0) is 11.3 Å². The Morgan fingerprint density at radius 2 is 2.50 bits per heavy atom. The molecule has 1 N–H and O–H groups in total. The van der Waals surface area contributed by atoms with Crippen LogP contribution in [0, 0.1) is 0 Å². The second-order valence-corrected chi connectivity index (χ2v) is 2.54. The molecule has 0 aliphatic rings. The smallest absolute Gasteiger partial charge is 0.147 e. The molecule has 0 aromatic carbocycles. The number of hydrogen-bond donors (Lipinski definition) is 1. The predicted octanol–water partition coefficient (Wildman–Crippen LogP) is 0.930. The lowest BCUT2D eigenvalue weighted by molar-refractivity contribution is 0.0158. The van der Waals surface area contributed by atoms with E-state index in [1.165, 1.54) is 0 Å². The molecule has 0 aliphatic heterocycles. The molecular weight excluding hydrogens is 156 g/mol. The van der Waals surface area contributed by atoms with Gasteiger partial charge in [-0.15, -0.1) is 0 Å². The van der Waals surface area contributed by atoms with Gasteiger partial charge in [0.1, 0.15) is 6.23 Å². The topological polar surface area (TPSA) is 47.3 Å². The predicted molar refractivity (Wildman–Crippen MR) is 44.5 cm³/mol. The average Bonchev–Trinajstić information content (AvgIpc) is 2.52. The highest BCUT2D eigenvalue weighted by Gasteiger charge is 2.04. The van der Waals surface area contributed by atoms with Gasteiger partial charge in [-0.3, -0.25) is 0 Å². The Balaban J connectivity index is 2.61. The van der Waals surface area contributed by atoms with Crippen LogP contribution >= 0.6 is 0 Å². The van der Waals surface area contributed by atoms with E-state index in [0.717, 1.165) is 5.56 Å². The van der Waals surface area contributed by atoms with E-state index in [9.17, 15) is 0 Å². The lowest BCUT2D eigenvalue weighted by atomic mass is 10.4. The van der Waals surface area contributed by atoms with Crippen LogP contribution < -0.4 is 0 Å².